The van der Waals surface area contributed by atoms with Gasteiger partial charge in [-0.1, -0.05) is 30.3 Å². The Labute approximate surface area is 137 Å². The highest BCUT2D eigenvalue weighted by Crippen LogP contribution is 2.26. The molecule has 1 aromatic heterocycles. The molecule has 1 saturated heterocycles. The maximum absolute atomic E-state index is 10.7. The molecule has 2 heterocycles. The van der Waals surface area contributed by atoms with E-state index in [-0.39, 0.29) is 17.1 Å². The highest BCUT2D eigenvalue weighted by Gasteiger charge is 2.30. The summed E-state index contributed by atoms with van der Waals surface area (Å²) in [6.45, 7) is 2.02. The number of anilines is 1. The van der Waals surface area contributed by atoms with Crippen molar-refractivity contribution in [3.8, 4) is 0 Å². The summed E-state index contributed by atoms with van der Waals surface area (Å²) in [7, 11) is 0. The fourth-order valence-corrected chi connectivity index (χ4v) is 3.46. The summed E-state index contributed by atoms with van der Waals surface area (Å²) in [6.07, 6.45) is 1.61. The van der Waals surface area contributed by atoms with Crippen LogP contribution in [0.1, 0.15) is 12.0 Å². The number of aliphatic hydroxyl groups excluding tert-OH is 1. The van der Waals surface area contributed by atoms with Crippen LogP contribution in [-0.2, 0) is 6.54 Å². The summed E-state index contributed by atoms with van der Waals surface area (Å²) < 4.78 is 0. The lowest BCUT2D eigenvalue weighted by atomic mass is 10.1. The van der Waals surface area contributed by atoms with E-state index < -0.39 is 4.92 Å². The molecule has 122 valence electrons. The molecule has 1 aromatic carbocycles. The number of nitrogens with one attached hydrogen (secondary N) is 1. The van der Waals surface area contributed by atoms with Gasteiger partial charge in [-0.3, -0.25) is 15.0 Å². The quantitative estimate of drug-likeness (QED) is 0.621. The Morgan fingerprint density at radius 3 is 2.91 bits per heavy atom. The normalized spacial score (nSPS) is 21.4. The van der Waals surface area contributed by atoms with E-state index in [2.05, 4.69) is 27.3 Å². The molecule has 2 aromatic rings. The van der Waals surface area contributed by atoms with Crippen molar-refractivity contribution in [3.63, 3.8) is 0 Å². The van der Waals surface area contributed by atoms with E-state index in [4.69, 9.17) is 0 Å². The molecule has 1 aliphatic rings. The smallest absolute Gasteiger partial charge is 0.345 e. The molecule has 7 nitrogen and oxygen atoms in total. The predicted molar refractivity (Wildman–Crippen MR) is 88.5 cm³/mol. The second-order valence-electron chi connectivity index (χ2n) is 5.60. The zero-order valence-electron chi connectivity index (χ0n) is 12.5. The van der Waals surface area contributed by atoms with Crippen LogP contribution < -0.4 is 5.32 Å². The number of β-amino-alcohol motifs (C(OH)–C–C–N with tert-alkyl or cyclic N) is 1. The topological polar surface area (TPSA) is 91.5 Å². The van der Waals surface area contributed by atoms with Crippen LogP contribution in [-0.4, -0.2) is 45.1 Å². The van der Waals surface area contributed by atoms with Crippen molar-refractivity contribution in [1.29, 1.82) is 0 Å². The van der Waals surface area contributed by atoms with Gasteiger partial charge in [-0.15, -0.1) is 0 Å². The molecule has 0 amide bonds. The number of hydrogen-bond acceptors (Lipinski definition) is 7. The van der Waals surface area contributed by atoms with Crippen LogP contribution in [0.2, 0.25) is 0 Å². The molecule has 0 bridgehead atoms. The van der Waals surface area contributed by atoms with Crippen molar-refractivity contribution < 1.29 is 10.0 Å². The summed E-state index contributed by atoms with van der Waals surface area (Å²) >= 11 is 1.03. The summed E-state index contributed by atoms with van der Waals surface area (Å²) in [5.74, 6) is 0. The summed E-state index contributed by atoms with van der Waals surface area (Å²) in [6, 6.07) is 10.3. The van der Waals surface area contributed by atoms with Crippen molar-refractivity contribution >= 4 is 21.5 Å². The van der Waals surface area contributed by atoms with Crippen molar-refractivity contribution in [2.45, 2.75) is 25.1 Å². The lowest BCUT2D eigenvalue weighted by Crippen LogP contribution is -2.34. The van der Waals surface area contributed by atoms with Crippen molar-refractivity contribution in [3.05, 3.63) is 52.2 Å². The van der Waals surface area contributed by atoms with Gasteiger partial charge in [0.05, 0.1) is 11.0 Å². The zero-order chi connectivity index (χ0) is 16.2. The van der Waals surface area contributed by atoms with Crippen LogP contribution >= 0.6 is 11.3 Å². The first kappa shape index (κ1) is 15.9. The van der Waals surface area contributed by atoms with Crippen LogP contribution in [0.15, 0.2) is 36.5 Å². The highest BCUT2D eigenvalue weighted by atomic mass is 32.1. The first-order valence-corrected chi connectivity index (χ1v) is 8.23. The van der Waals surface area contributed by atoms with E-state index in [1.54, 1.807) is 0 Å². The van der Waals surface area contributed by atoms with E-state index >= 15 is 0 Å². The van der Waals surface area contributed by atoms with Crippen LogP contribution in [0.4, 0.5) is 10.1 Å². The third-order valence-electron chi connectivity index (χ3n) is 3.90. The molecule has 0 spiro atoms. The monoisotopic (exact) mass is 334 g/mol. The van der Waals surface area contributed by atoms with E-state index in [9.17, 15) is 15.2 Å². The number of benzene rings is 1. The molecule has 1 aliphatic heterocycles. The fraction of sp³-hybridized carbons (Fsp3) is 0.400. The molecule has 2 N–H and O–H groups in total. The maximum Gasteiger partial charge on any atom is 0.345 e. The van der Waals surface area contributed by atoms with E-state index in [1.807, 2.05) is 18.2 Å². The molecular weight excluding hydrogens is 316 g/mol. The first-order chi connectivity index (χ1) is 11.1. The third-order valence-corrected chi connectivity index (χ3v) is 4.80. The number of nitrogens with zero attached hydrogens (tertiary/aromatic N) is 3. The van der Waals surface area contributed by atoms with Gasteiger partial charge in [0.2, 0.25) is 0 Å². The molecule has 23 heavy (non-hydrogen) atoms. The van der Waals surface area contributed by atoms with Crippen molar-refractivity contribution in [1.82, 2.24) is 9.88 Å². The Kier molecular flexibility index (Phi) is 4.85. The second-order valence-corrected chi connectivity index (χ2v) is 6.61. The summed E-state index contributed by atoms with van der Waals surface area (Å²) in [5.41, 5.74) is 1.21. The largest absolute Gasteiger partial charge is 0.392 e. The molecule has 0 radical (unpaired) electrons. The van der Waals surface area contributed by atoms with Crippen LogP contribution in [0.5, 0.6) is 0 Å². The van der Waals surface area contributed by atoms with Gasteiger partial charge in [0.1, 0.15) is 6.20 Å². The lowest BCUT2D eigenvalue weighted by molar-refractivity contribution is -0.380. The molecule has 8 heteroatoms. The molecule has 1 fully saturated rings. The van der Waals surface area contributed by atoms with Crippen LogP contribution in [0.3, 0.4) is 0 Å². The number of aliphatic hydroxyl groups is 1. The van der Waals surface area contributed by atoms with Crippen LogP contribution in [0, 0.1) is 10.1 Å². The fourth-order valence-electron chi connectivity index (χ4n) is 2.82. The molecule has 2 atom stereocenters. The maximum atomic E-state index is 10.7. The Hall–Kier alpha value is -2.03. The Bertz CT molecular complexity index is 664. The molecular formula is C15H18N4O3S. The van der Waals surface area contributed by atoms with Gasteiger partial charge >= 0.3 is 5.00 Å². The number of thiazole rings is 1. The second kappa shape index (κ2) is 7.03. The van der Waals surface area contributed by atoms with Crippen LogP contribution in [0.25, 0.3) is 0 Å². The molecule has 3 rings (SSSR count). The standard InChI is InChI=1S/C15H18N4O3S/c20-13-6-12(7-16-15-17-8-14(23-15)19(21)22)18(10-13)9-11-4-2-1-3-5-11/h1-5,8,12-13,20H,6-7,9-10H2,(H,16,17)/t12-,13-/m0/s1. The van der Waals surface area contributed by atoms with Gasteiger partial charge in [0, 0.05) is 25.7 Å². The lowest BCUT2D eigenvalue weighted by Gasteiger charge is -2.24. The summed E-state index contributed by atoms with van der Waals surface area (Å²) in [4.78, 5) is 16.5. The van der Waals surface area contributed by atoms with Crippen molar-refractivity contribution in [2.75, 3.05) is 18.4 Å². The molecule has 0 saturated carbocycles. The minimum Gasteiger partial charge on any atom is -0.392 e. The van der Waals surface area contributed by atoms with E-state index in [0.29, 0.717) is 24.6 Å². The zero-order valence-corrected chi connectivity index (χ0v) is 13.3. The van der Waals surface area contributed by atoms with Gasteiger partial charge in [0.15, 0.2) is 5.13 Å². The third kappa shape index (κ3) is 4.04. The highest BCUT2D eigenvalue weighted by molar-refractivity contribution is 7.18. The average molecular weight is 334 g/mol. The SMILES string of the molecule is O=[N+]([O-])c1cnc(NC[C@@H]2C[C@H](O)CN2Cc2ccccc2)s1. The Balaban J connectivity index is 1.59. The number of hydrogen-bond donors (Lipinski definition) is 2. The summed E-state index contributed by atoms with van der Waals surface area (Å²) in [5, 5.41) is 24.3. The Morgan fingerprint density at radius 2 is 2.22 bits per heavy atom. The van der Waals surface area contributed by atoms with Gasteiger partial charge in [-0.25, -0.2) is 4.98 Å². The van der Waals surface area contributed by atoms with Gasteiger partial charge < -0.3 is 10.4 Å². The number of likely N-dealkylation sites (tertiary alicyclic amines) is 1. The number of rotatable bonds is 6. The molecule has 0 aliphatic carbocycles. The van der Waals surface area contributed by atoms with Gasteiger partial charge in [-0.05, 0) is 23.3 Å². The Morgan fingerprint density at radius 1 is 1.43 bits per heavy atom. The predicted octanol–water partition coefficient (Wildman–Crippen LogP) is 2.10. The number of nitro groups is 1. The minimum absolute atomic E-state index is 0.0279. The number of aromatic nitrogens is 1. The van der Waals surface area contributed by atoms with E-state index in [1.165, 1.54) is 11.8 Å². The average Bonchev–Trinajstić information content (AvgIpc) is 3.13. The van der Waals surface area contributed by atoms with Gasteiger partial charge in [0.25, 0.3) is 0 Å². The van der Waals surface area contributed by atoms with E-state index in [0.717, 1.165) is 17.9 Å². The van der Waals surface area contributed by atoms with Crippen molar-refractivity contribution in [2.24, 2.45) is 0 Å². The first-order valence-electron chi connectivity index (χ1n) is 7.42. The van der Waals surface area contributed by atoms with Gasteiger partial charge in [-0.2, -0.15) is 0 Å². The minimum atomic E-state index is -0.441. The molecule has 0 unspecified atom stereocenters.